The minimum atomic E-state index is -4.70. The molecule has 334 valence electrons. The first-order valence-corrected chi connectivity index (χ1v) is 23.5. The summed E-state index contributed by atoms with van der Waals surface area (Å²) in [6, 6.07) is 60.0. The van der Waals surface area contributed by atoms with E-state index in [1.54, 1.807) is 18.2 Å². The fourth-order valence-electron chi connectivity index (χ4n) is 9.73. The summed E-state index contributed by atoms with van der Waals surface area (Å²) in [5.41, 5.74) is 13.6. The van der Waals surface area contributed by atoms with Crippen molar-refractivity contribution in [1.82, 2.24) is 19.5 Å². The maximum atomic E-state index is 15.4. The van der Waals surface area contributed by atoms with Crippen molar-refractivity contribution < 1.29 is 18.3 Å². The predicted octanol–water partition coefficient (Wildman–Crippen LogP) is 16.7. The number of hydrogen-bond acceptors (Lipinski definition) is 5. The van der Waals surface area contributed by atoms with Crippen LogP contribution >= 0.6 is 11.3 Å². The quantitative estimate of drug-likeness (QED) is 0.191. The van der Waals surface area contributed by atoms with Crippen LogP contribution in [-0.2, 0) is 11.6 Å². The molecule has 1 N–H and O–H groups in total. The van der Waals surface area contributed by atoms with Crippen LogP contribution in [-0.4, -0.2) is 24.6 Å². The number of halogens is 3. The van der Waals surface area contributed by atoms with Crippen molar-refractivity contribution in [2.75, 3.05) is 0 Å². The van der Waals surface area contributed by atoms with E-state index in [1.807, 2.05) is 97.1 Å². The number of phenols is 1. The number of imidazole rings is 1. The molecule has 4 heterocycles. The number of hydrogen-bond donors (Lipinski definition) is 1. The van der Waals surface area contributed by atoms with E-state index in [4.69, 9.17) is 9.97 Å². The van der Waals surface area contributed by atoms with Crippen LogP contribution < -0.4 is 0 Å². The fraction of sp³-hybridized carbons (Fsp3) is 0.0833. The van der Waals surface area contributed by atoms with E-state index in [1.165, 1.54) is 11.9 Å². The van der Waals surface area contributed by atoms with Gasteiger partial charge in [0.1, 0.15) is 23.5 Å². The molecular weight excluding hydrogens is 882 g/mol. The molecule has 12 rings (SSSR count). The molecule has 10 bridgehead atoms. The second kappa shape index (κ2) is 16.0. The third-order valence-corrected chi connectivity index (χ3v) is 14.4. The van der Waals surface area contributed by atoms with Gasteiger partial charge in [-0.25, -0.2) is 15.0 Å². The van der Waals surface area contributed by atoms with E-state index < -0.39 is 11.7 Å². The molecule has 0 atom stereocenters. The number of fused-ring (bicyclic) bond motifs is 15. The van der Waals surface area contributed by atoms with Gasteiger partial charge < -0.3 is 5.11 Å². The Hall–Kier alpha value is -8.14. The number of rotatable bonds is 4. The Balaban J connectivity index is 1.16. The maximum absolute atomic E-state index is 15.4. The summed E-state index contributed by atoms with van der Waals surface area (Å²) in [5, 5.41) is 11.5. The first-order chi connectivity index (χ1) is 33.4. The van der Waals surface area contributed by atoms with Crippen LogP contribution in [0.3, 0.4) is 0 Å². The fourth-order valence-corrected chi connectivity index (χ4v) is 11.0. The van der Waals surface area contributed by atoms with Crippen molar-refractivity contribution in [1.29, 1.82) is 0 Å². The van der Waals surface area contributed by atoms with Crippen LogP contribution in [0.5, 0.6) is 5.75 Å². The van der Waals surface area contributed by atoms with Gasteiger partial charge in [-0.3, -0.25) is 4.57 Å². The number of aromatic nitrogens is 4. The van der Waals surface area contributed by atoms with Crippen molar-refractivity contribution in [3.8, 4) is 100 Å². The highest BCUT2D eigenvalue weighted by molar-refractivity contribution is 7.23. The summed E-state index contributed by atoms with van der Waals surface area (Å²) in [6.45, 7) is 6.61. The second-order valence-electron chi connectivity index (χ2n) is 18.6. The summed E-state index contributed by atoms with van der Waals surface area (Å²) >= 11 is 1.06. The molecule has 0 fully saturated rings. The van der Waals surface area contributed by atoms with Gasteiger partial charge in [0.15, 0.2) is 0 Å². The van der Waals surface area contributed by atoms with Gasteiger partial charge in [-0.2, -0.15) is 13.2 Å². The van der Waals surface area contributed by atoms with Gasteiger partial charge in [-0.05, 0) is 128 Å². The highest BCUT2D eigenvalue weighted by Crippen LogP contribution is 2.50. The number of thiophene rings is 1. The highest BCUT2D eigenvalue weighted by atomic mass is 32.1. The van der Waals surface area contributed by atoms with Crippen LogP contribution in [0.4, 0.5) is 13.2 Å². The molecular formula is C60H41F3N4OS. The number of benzene rings is 8. The predicted molar refractivity (Wildman–Crippen MR) is 274 cm³/mol. The third kappa shape index (κ3) is 7.28. The molecule has 0 amide bonds. The number of alkyl halides is 3. The molecule has 0 saturated heterocycles. The molecule has 1 aliphatic heterocycles. The van der Waals surface area contributed by atoms with E-state index in [-0.39, 0.29) is 21.6 Å². The van der Waals surface area contributed by atoms with Crippen molar-refractivity contribution >= 4 is 32.6 Å². The summed E-state index contributed by atoms with van der Waals surface area (Å²) in [5.74, 6) is 0.641. The summed E-state index contributed by atoms with van der Waals surface area (Å²) in [7, 11) is 0. The van der Waals surface area contributed by atoms with Gasteiger partial charge in [-0.1, -0.05) is 136 Å². The lowest BCUT2D eigenvalue weighted by Gasteiger charge is -2.23. The molecule has 0 saturated carbocycles. The van der Waals surface area contributed by atoms with Gasteiger partial charge in [0.05, 0.1) is 38.2 Å². The Labute approximate surface area is 400 Å². The zero-order valence-electron chi connectivity index (χ0n) is 37.7. The van der Waals surface area contributed by atoms with E-state index in [0.717, 1.165) is 78.2 Å². The average Bonchev–Trinajstić information content (AvgIpc) is 3.96. The average molecular weight is 923 g/mol. The number of nitrogens with zero attached hydrogens (tertiary/aromatic N) is 4. The molecule has 5 nitrogen and oxygen atoms in total. The van der Waals surface area contributed by atoms with E-state index in [9.17, 15) is 5.11 Å². The van der Waals surface area contributed by atoms with Crippen molar-refractivity contribution in [2.45, 2.75) is 32.4 Å². The lowest BCUT2D eigenvalue weighted by Crippen LogP contribution is -2.12. The number of para-hydroxylation sites is 2. The van der Waals surface area contributed by atoms with Crippen molar-refractivity contribution in [3.63, 3.8) is 0 Å². The SMILES string of the molecule is CC(C)(C)c1ccc(-n2c(-c3ccccc3O)nc3c(-c4cc5cc(c4)-c4ncnc6c(C(F)(F)F)c(sc46)-c4cccc(c4)-c4cccc(c4)-c4cccc-5c4)cccc32)c(-c2ccccc2)c1. The van der Waals surface area contributed by atoms with Gasteiger partial charge in [0.2, 0.25) is 0 Å². The van der Waals surface area contributed by atoms with Crippen molar-refractivity contribution in [2.24, 2.45) is 0 Å². The standard InChI is InChI=1S/C60H41F3N4OS/c1-59(2,3)45-25-26-49(48(33-45)35-13-5-4-6-14-35)67-50-23-12-22-46(54(50)66-58(67)47-21-7-8-24-51(47)68)43-30-42-31-44(32-43)53-57-55(65-34-64-53)52(60(61,62)63)56(69-57)41-20-11-18-39(29-41)37-16-9-15-36(27-37)38-17-10-19-40(42)28-38/h4-34,68H,1-3H3. The lowest BCUT2D eigenvalue weighted by molar-refractivity contribution is -0.135. The van der Waals surface area contributed by atoms with Gasteiger partial charge in [-0.15, -0.1) is 11.3 Å². The van der Waals surface area contributed by atoms with Crippen LogP contribution in [0.2, 0.25) is 0 Å². The molecule has 0 radical (unpaired) electrons. The molecule has 9 heteroatoms. The van der Waals surface area contributed by atoms with E-state index in [2.05, 4.69) is 97.1 Å². The van der Waals surface area contributed by atoms with E-state index in [0.29, 0.717) is 38.4 Å². The summed E-state index contributed by atoms with van der Waals surface area (Å²) < 4.78 is 48.7. The molecule has 1 aliphatic rings. The first kappa shape index (κ1) is 42.2. The second-order valence-corrected chi connectivity index (χ2v) is 19.6. The topological polar surface area (TPSA) is 63.8 Å². The van der Waals surface area contributed by atoms with Crippen LogP contribution in [0, 0.1) is 0 Å². The monoisotopic (exact) mass is 922 g/mol. The molecule has 3 aromatic heterocycles. The van der Waals surface area contributed by atoms with Crippen LogP contribution in [0.25, 0.3) is 116 Å². The first-order valence-electron chi connectivity index (χ1n) is 22.7. The molecule has 0 unspecified atom stereocenters. The zero-order valence-corrected chi connectivity index (χ0v) is 38.5. The Morgan fingerprint density at radius 3 is 1.74 bits per heavy atom. The molecule has 0 aliphatic carbocycles. The molecule has 11 aromatic rings. The summed E-state index contributed by atoms with van der Waals surface area (Å²) in [6.07, 6.45) is -3.46. The van der Waals surface area contributed by atoms with Gasteiger partial charge in [0.25, 0.3) is 0 Å². The number of phenolic OH excluding ortho intramolecular Hbond substituents is 1. The summed E-state index contributed by atoms with van der Waals surface area (Å²) in [4.78, 5) is 14.6. The van der Waals surface area contributed by atoms with Crippen LogP contribution in [0.15, 0.2) is 188 Å². The van der Waals surface area contributed by atoms with Crippen molar-refractivity contribution in [3.05, 3.63) is 199 Å². The normalized spacial score (nSPS) is 12.3. The third-order valence-electron chi connectivity index (χ3n) is 13.1. The Kier molecular flexibility index (Phi) is 9.79. The smallest absolute Gasteiger partial charge is 0.419 e. The highest BCUT2D eigenvalue weighted by Gasteiger charge is 2.39. The maximum Gasteiger partial charge on any atom is 0.419 e. The largest absolute Gasteiger partial charge is 0.507 e. The Morgan fingerprint density at radius 1 is 0.493 bits per heavy atom. The number of aromatic hydroxyl groups is 1. The Morgan fingerprint density at radius 2 is 1.06 bits per heavy atom. The molecule has 0 spiro atoms. The van der Waals surface area contributed by atoms with E-state index >= 15 is 13.2 Å². The lowest BCUT2D eigenvalue weighted by atomic mass is 9.85. The molecule has 69 heavy (non-hydrogen) atoms. The van der Waals surface area contributed by atoms with Gasteiger partial charge in [0, 0.05) is 21.6 Å². The minimum absolute atomic E-state index is 0.0864. The van der Waals surface area contributed by atoms with Gasteiger partial charge >= 0.3 is 6.18 Å². The Bertz CT molecular complexity index is 3840. The van der Waals surface area contributed by atoms with Crippen LogP contribution in [0.1, 0.15) is 31.9 Å². The minimum Gasteiger partial charge on any atom is -0.507 e. The zero-order chi connectivity index (χ0) is 47.2. The molecule has 8 aromatic carbocycles.